The van der Waals surface area contributed by atoms with E-state index in [9.17, 15) is 5.11 Å². The third kappa shape index (κ3) is 4.47. The molecule has 0 aromatic heterocycles. The predicted octanol–water partition coefficient (Wildman–Crippen LogP) is 0.571. The van der Waals surface area contributed by atoms with Crippen molar-refractivity contribution in [3.63, 3.8) is 0 Å². The van der Waals surface area contributed by atoms with E-state index in [2.05, 4.69) is 0 Å². The van der Waals surface area contributed by atoms with Gasteiger partial charge >= 0.3 is 0 Å². The number of ether oxygens (including phenoxy) is 1. The lowest BCUT2D eigenvalue weighted by atomic mass is 10.1. The Morgan fingerprint density at radius 3 is 2.56 bits per heavy atom. The molecule has 0 amide bonds. The van der Waals surface area contributed by atoms with Gasteiger partial charge in [-0.1, -0.05) is 29.8 Å². The molecule has 1 rings (SSSR count). The van der Waals surface area contributed by atoms with Crippen molar-refractivity contribution in [2.45, 2.75) is 18.8 Å². The SMILES string of the molecule is OCC(O)COC(O)Cc1ccccc1Cl. The summed E-state index contributed by atoms with van der Waals surface area (Å²) in [6.07, 6.45) is -1.76. The van der Waals surface area contributed by atoms with Gasteiger partial charge in [0.15, 0.2) is 6.29 Å². The van der Waals surface area contributed by atoms with Gasteiger partial charge < -0.3 is 20.1 Å². The van der Waals surface area contributed by atoms with Crippen LogP contribution >= 0.6 is 11.6 Å². The first-order valence-electron chi connectivity index (χ1n) is 4.95. The molecule has 0 bridgehead atoms. The van der Waals surface area contributed by atoms with Gasteiger partial charge in [-0.25, -0.2) is 0 Å². The highest BCUT2D eigenvalue weighted by molar-refractivity contribution is 6.31. The van der Waals surface area contributed by atoms with E-state index in [0.717, 1.165) is 5.56 Å². The zero-order chi connectivity index (χ0) is 12.0. The highest BCUT2D eigenvalue weighted by Gasteiger charge is 2.10. The van der Waals surface area contributed by atoms with E-state index in [-0.39, 0.29) is 13.0 Å². The van der Waals surface area contributed by atoms with E-state index in [1.165, 1.54) is 0 Å². The molecule has 2 atom stereocenters. The van der Waals surface area contributed by atoms with Crippen molar-refractivity contribution >= 4 is 11.6 Å². The van der Waals surface area contributed by atoms with Gasteiger partial charge in [-0.15, -0.1) is 0 Å². The summed E-state index contributed by atoms with van der Waals surface area (Å²) in [5.41, 5.74) is 0.773. The molecule has 0 fully saturated rings. The Morgan fingerprint density at radius 2 is 1.94 bits per heavy atom. The number of rotatable bonds is 6. The predicted molar refractivity (Wildman–Crippen MR) is 60.2 cm³/mol. The van der Waals surface area contributed by atoms with Crippen molar-refractivity contribution in [2.75, 3.05) is 13.2 Å². The van der Waals surface area contributed by atoms with Crippen LogP contribution in [0.25, 0.3) is 0 Å². The smallest absolute Gasteiger partial charge is 0.158 e. The minimum Gasteiger partial charge on any atom is -0.394 e. The molecule has 0 heterocycles. The number of benzene rings is 1. The lowest BCUT2D eigenvalue weighted by molar-refractivity contribution is -0.125. The summed E-state index contributed by atoms with van der Waals surface area (Å²) in [4.78, 5) is 0. The summed E-state index contributed by atoms with van der Waals surface area (Å²) in [7, 11) is 0. The summed E-state index contributed by atoms with van der Waals surface area (Å²) in [6.45, 7) is -0.499. The second-order valence-corrected chi connectivity index (χ2v) is 3.83. The quantitative estimate of drug-likeness (QED) is 0.642. The minimum atomic E-state index is -1.04. The Kier molecular flexibility index (Phi) is 5.73. The standard InChI is InChI=1S/C11H15ClO4/c12-10-4-2-1-3-8(10)5-11(15)16-7-9(14)6-13/h1-4,9,11,13-15H,5-7H2. The molecule has 0 spiro atoms. The first-order valence-corrected chi connectivity index (χ1v) is 5.33. The average Bonchev–Trinajstić information content (AvgIpc) is 2.29. The zero-order valence-corrected chi connectivity index (χ0v) is 9.47. The molecular weight excluding hydrogens is 232 g/mol. The highest BCUT2D eigenvalue weighted by atomic mass is 35.5. The van der Waals surface area contributed by atoms with E-state index >= 15 is 0 Å². The van der Waals surface area contributed by atoms with Crippen molar-refractivity contribution in [1.29, 1.82) is 0 Å². The molecule has 4 nitrogen and oxygen atoms in total. The van der Waals surface area contributed by atoms with Gasteiger partial charge in [-0.3, -0.25) is 0 Å². The lowest BCUT2D eigenvalue weighted by Gasteiger charge is -2.14. The molecule has 0 saturated carbocycles. The molecule has 0 saturated heterocycles. The van der Waals surface area contributed by atoms with Crippen molar-refractivity contribution in [3.05, 3.63) is 34.9 Å². The Balaban J connectivity index is 2.40. The summed E-state index contributed by atoms with van der Waals surface area (Å²) < 4.78 is 4.94. The van der Waals surface area contributed by atoms with Crippen LogP contribution in [0.5, 0.6) is 0 Å². The second-order valence-electron chi connectivity index (χ2n) is 3.42. The molecule has 2 unspecified atom stereocenters. The molecule has 0 aliphatic rings. The van der Waals surface area contributed by atoms with Crippen LogP contribution in [0.4, 0.5) is 0 Å². The van der Waals surface area contributed by atoms with Gasteiger partial charge in [0.1, 0.15) is 6.10 Å². The van der Waals surface area contributed by atoms with Crippen molar-refractivity contribution in [3.8, 4) is 0 Å². The third-order valence-corrected chi connectivity index (χ3v) is 2.41. The molecule has 1 aromatic rings. The monoisotopic (exact) mass is 246 g/mol. The van der Waals surface area contributed by atoms with E-state index in [0.29, 0.717) is 5.02 Å². The van der Waals surface area contributed by atoms with Gasteiger partial charge in [-0.05, 0) is 11.6 Å². The molecule has 90 valence electrons. The topological polar surface area (TPSA) is 69.9 Å². The Hall–Kier alpha value is -0.650. The molecule has 5 heteroatoms. The lowest BCUT2D eigenvalue weighted by Crippen LogP contribution is -2.25. The van der Waals surface area contributed by atoms with Gasteiger partial charge in [0.05, 0.1) is 13.2 Å². The first kappa shape index (κ1) is 13.4. The fraction of sp³-hybridized carbons (Fsp3) is 0.455. The van der Waals surface area contributed by atoms with Crippen LogP contribution < -0.4 is 0 Å². The average molecular weight is 247 g/mol. The van der Waals surface area contributed by atoms with Gasteiger partial charge in [0, 0.05) is 11.4 Å². The van der Waals surface area contributed by atoms with Crippen LogP contribution in [-0.2, 0) is 11.2 Å². The fourth-order valence-corrected chi connectivity index (χ4v) is 1.40. The van der Waals surface area contributed by atoms with Gasteiger partial charge in [-0.2, -0.15) is 0 Å². The van der Waals surface area contributed by atoms with Crippen LogP contribution in [-0.4, -0.2) is 40.9 Å². The van der Waals surface area contributed by atoms with Crippen LogP contribution in [0.3, 0.4) is 0 Å². The summed E-state index contributed by atoms with van der Waals surface area (Å²) in [5.74, 6) is 0. The van der Waals surface area contributed by atoms with Gasteiger partial charge in [0.2, 0.25) is 0 Å². The third-order valence-electron chi connectivity index (χ3n) is 2.04. The summed E-state index contributed by atoms with van der Waals surface area (Å²) in [6, 6.07) is 7.13. The second kappa shape index (κ2) is 6.83. The normalized spacial score (nSPS) is 14.8. The number of aliphatic hydroxyl groups is 3. The van der Waals surface area contributed by atoms with E-state index in [4.69, 9.17) is 26.6 Å². The molecular formula is C11H15ClO4. The number of aliphatic hydroxyl groups excluding tert-OH is 3. The molecule has 1 aromatic carbocycles. The van der Waals surface area contributed by atoms with E-state index in [1.807, 2.05) is 6.07 Å². The maximum atomic E-state index is 9.50. The molecule has 3 N–H and O–H groups in total. The largest absolute Gasteiger partial charge is 0.394 e. The Labute approximate surface area is 99.1 Å². The van der Waals surface area contributed by atoms with E-state index < -0.39 is 19.0 Å². The summed E-state index contributed by atoms with van der Waals surface area (Å²) >= 11 is 5.90. The molecule has 0 aliphatic heterocycles. The summed E-state index contributed by atoms with van der Waals surface area (Å²) in [5, 5.41) is 27.6. The first-order chi connectivity index (χ1) is 7.63. The van der Waals surface area contributed by atoms with Crippen LogP contribution in [0, 0.1) is 0 Å². The number of hydrogen-bond acceptors (Lipinski definition) is 4. The van der Waals surface area contributed by atoms with Gasteiger partial charge in [0.25, 0.3) is 0 Å². The number of halogens is 1. The van der Waals surface area contributed by atoms with Crippen LogP contribution in [0.1, 0.15) is 5.56 Å². The maximum absolute atomic E-state index is 9.50. The minimum absolute atomic E-state index is 0.109. The number of hydrogen-bond donors (Lipinski definition) is 3. The fourth-order valence-electron chi connectivity index (χ4n) is 1.19. The Morgan fingerprint density at radius 1 is 1.25 bits per heavy atom. The molecule has 0 aliphatic carbocycles. The van der Waals surface area contributed by atoms with Crippen molar-refractivity contribution < 1.29 is 20.1 Å². The highest BCUT2D eigenvalue weighted by Crippen LogP contribution is 2.16. The molecule has 0 radical (unpaired) electrons. The zero-order valence-electron chi connectivity index (χ0n) is 8.71. The Bertz CT molecular complexity index is 319. The van der Waals surface area contributed by atoms with Crippen molar-refractivity contribution in [2.24, 2.45) is 0 Å². The van der Waals surface area contributed by atoms with E-state index in [1.54, 1.807) is 18.2 Å². The molecule has 16 heavy (non-hydrogen) atoms. The maximum Gasteiger partial charge on any atom is 0.158 e. The van der Waals surface area contributed by atoms with Crippen molar-refractivity contribution in [1.82, 2.24) is 0 Å². The van der Waals surface area contributed by atoms with Crippen LogP contribution in [0.15, 0.2) is 24.3 Å². The van der Waals surface area contributed by atoms with Crippen LogP contribution in [0.2, 0.25) is 5.02 Å².